The first-order valence-electron chi connectivity index (χ1n) is 5.86. The van der Waals surface area contributed by atoms with Crippen molar-refractivity contribution in [2.45, 2.75) is 0 Å². The number of H-pyrrole nitrogens is 1. The highest BCUT2D eigenvalue weighted by Crippen LogP contribution is 2.22. The molecule has 7 nitrogen and oxygen atoms in total. The SMILES string of the molecule is O=C(O)N1CC(CNc2nc(Cl)nc3cc[nH]c23)C1. The lowest BCUT2D eigenvalue weighted by Gasteiger charge is -2.37. The van der Waals surface area contributed by atoms with Gasteiger partial charge in [0.05, 0.1) is 5.52 Å². The van der Waals surface area contributed by atoms with Crippen LogP contribution in [-0.4, -0.2) is 50.7 Å². The van der Waals surface area contributed by atoms with E-state index in [1.807, 2.05) is 6.07 Å². The molecule has 0 bridgehead atoms. The number of carboxylic acid groups (broad SMARTS) is 1. The van der Waals surface area contributed by atoms with Gasteiger partial charge in [0.2, 0.25) is 5.28 Å². The summed E-state index contributed by atoms with van der Waals surface area (Å²) in [4.78, 5) is 23.3. The summed E-state index contributed by atoms with van der Waals surface area (Å²) in [6, 6.07) is 1.82. The van der Waals surface area contributed by atoms with Crippen molar-refractivity contribution in [3.63, 3.8) is 0 Å². The van der Waals surface area contributed by atoms with Gasteiger partial charge in [0.15, 0.2) is 5.82 Å². The number of fused-ring (bicyclic) bond motifs is 1. The number of amides is 1. The van der Waals surface area contributed by atoms with Crippen LogP contribution in [-0.2, 0) is 0 Å². The number of aromatic amines is 1. The Morgan fingerprint density at radius 3 is 3.11 bits per heavy atom. The highest BCUT2D eigenvalue weighted by molar-refractivity contribution is 6.28. The van der Waals surface area contributed by atoms with Crippen LogP contribution in [0.15, 0.2) is 12.3 Å². The van der Waals surface area contributed by atoms with E-state index in [1.54, 1.807) is 6.20 Å². The molecule has 0 spiro atoms. The van der Waals surface area contributed by atoms with E-state index in [1.165, 1.54) is 4.90 Å². The van der Waals surface area contributed by atoms with Gasteiger partial charge < -0.3 is 20.3 Å². The van der Waals surface area contributed by atoms with Crippen LogP contribution in [0.4, 0.5) is 10.6 Å². The minimum atomic E-state index is -0.868. The predicted molar refractivity (Wildman–Crippen MR) is 70.5 cm³/mol. The fourth-order valence-electron chi connectivity index (χ4n) is 2.14. The smallest absolute Gasteiger partial charge is 0.407 e. The van der Waals surface area contributed by atoms with Gasteiger partial charge in [-0.3, -0.25) is 0 Å². The highest BCUT2D eigenvalue weighted by atomic mass is 35.5. The summed E-state index contributed by atoms with van der Waals surface area (Å²) in [5.41, 5.74) is 1.56. The van der Waals surface area contributed by atoms with Gasteiger partial charge in [0.25, 0.3) is 0 Å². The molecular weight excluding hydrogens is 270 g/mol. The predicted octanol–water partition coefficient (Wildman–Crippen LogP) is 1.63. The largest absolute Gasteiger partial charge is 0.465 e. The van der Waals surface area contributed by atoms with Gasteiger partial charge in [0.1, 0.15) is 5.52 Å². The van der Waals surface area contributed by atoms with Crippen molar-refractivity contribution < 1.29 is 9.90 Å². The topological polar surface area (TPSA) is 94.1 Å². The number of aromatic nitrogens is 3. The minimum absolute atomic E-state index is 0.190. The van der Waals surface area contributed by atoms with Gasteiger partial charge in [0, 0.05) is 31.7 Å². The molecule has 0 aliphatic carbocycles. The Balaban J connectivity index is 1.66. The molecule has 0 atom stereocenters. The summed E-state index contributed by atoms with van der Waals surface area (Å²) in [5, 5.41) is 12.1. The van der Waals surface area contributed by atoms with Crippen molar-refractivity contribution >= 4 is 34.5 Å². The number of hydrogen-bond donors (Lipinski definition) is 3. The summed E-state index contributed by atoms with van der Waals surface area (Å²) in [6.07, 6.45) is 0.907. The number of hydrogen-bond acceptors (Lipinski definition) is 4. The van der Waals surface area contributed by atoms with E-state index in [0.717, 1.165) is 11.0 Å². The molecule has 0 aromatic carbocycles. The van der Waals surface area contributed by atoms with Crippen LogP contribution >= 0.6 is 11.6 Å². The molecule has 1 fully saturated rings. The quantitative estimate of drug-likeness (QED) is 0.744. The average Bonchev–Trinajstić information content (AvgIpc) is 2.73. The summed E-state index contributed by atoms with van der Waals surface area (Å²) in [6.45, 7) is 1.76. The van der Waals surface area contributed by atoms with Crippen LogP contribution in [0.5, 0.6) is 0 Å². The molecule has 1 aliphatic rings. The van der Waals surface area contributed by atoms with E-state index < -0.39 is 6.09 Å². The molecule has 8 heteroatoms. The average molecular weight is 282 g/mol. The molecule has 0 radical (unpaired) electrons. The van der Waals surface area contributed by atoms with Gasteiger partial charge in [-0.25, -0.2) is 9.78 Å². The standard InChI is InChI=1S/C11H12ClN5O2/c12-10-15-7-1-2-13-8(7)9(16-10)14-3-6-4-17(5-6)11(18)19/h1-2,6,13H,3-5H2,(H,18,19)(H,14,15,16). The third-order valence-electron chi connectivity index (χ3n) is 3.16. The van der Waals surface area contributed by atoms with E-state index in [2.05, 4.69) is 20.3 Å². The number of likely N-dealkylation sites (tertiary alicyclic amines) is 1. The van der Waals surface area contributed by atoms with E-state index in [4.69, 9.17) is 16.7 Å². The van der Waals surface area contributed by atoms with Crippen molar-refractivity contribution in [3.8, 4) is 0 Å². The van der Waals surface area contributed by atoms with Crippen LogP contribution in [0.2, 0.25) is 5.28 Å². The van der Waals surface area contributed by atoms with Crippen molar-refractivity contribution in [2.24, 2.45) is 5.92 Å². The van der Waals surface area contributed by atoms with Gasteiger partial charge in [-0.05, 0) is 17.7 Å². The lowest BCUT2D eigenvalue weighted by molar-refractivity contribution is 0.0864. The summed E-state index contributed by atoms with van der Waals surface area (Å²) in [5.74, 6) is 0.948. The Bertz CT molecular complexity index is 623. The van der Waals surface area contributed by atoms with Crippen LogP contribution in [0.1, 0.15) is 0 Å². The zero-order valence-electron chi connectivity index (χ0n) is 9.93. The molecule has 0 unspecified atom stereocenters. The van der Waals surface area contributed by atoms with Crippen LogP contribution in [0.25, 0.3) is 11.0 Å². The van der Waals surface area contributed by atoms with Crippen molar-refractivity contribution in [3.05, 3.63) is 17.5 Å². The van der Waals surface area contributed by atoms with Gasteiger partial charge >= 0.3 is 6.09 Å². The molecular formula is C11H12ClN5O2. The molecule has 19 heavy (non-hydrogen) atoms. The first-order chi connectivity index (χ1) is 9.13. The lowest BCUT2D eigenvalue weighted by Crippen LogP contribution is -2.51. The molecule has 3 rings (SSSR count). The van der Waals surface area contributed by atoms with Crippen LogP contribution in [0.3, 0.4) is 0 Å². The van der Waals surface area contributed by atoms with Gasteiger partial charge in [-0.2, -0.15) is 4.98 Å². The fraction of sp³-hybridized carbons (Fsp3) is 0.364. The van der Waals surface area contributed by atoms with E-state index in [9.17, 15) is 4.79 Å². The molecule has 3 N–H and O–H groups in total. The molecule has 3 heterocycles. The Labute approximate surface area is 113 Å². The maximum absolute atomic E-state index is 10.6. The molecule has 2 aromatic heterocycles. The summed E-state index contributed by atoms with van der Waals surface area (Å²) in [7, 11) is 0. The Kier molecular flexibility index (Phi) is 2.90. The zero-order chi connectivity index (χ0) is 13.4. The minimum Gasteiger partial charge on any atom is -0.465 e. The molecule has 1 amide bonds. The molecule has 1 aliphatic heterocycles. The monoisotopic (exact) mass is 281 g/mol. The van der Waals surface area contributed by atoms with E-state index in [-0.39, 0.29) is 5.28 Å². The third kappa shape index (κ3) is 2.28. The maximum Gasteiger partial charge on any atom is 0.407 e. The second-order valence-corrected chi connectivity index (χ2v) is 4.85. The highest BCUT2D eigenvalue weighted by Gasteiger charge is 2.30. The maximum atomic E-state index is 10.6. The lowest BCUT2D eigenvalue weighted by atomic mass is 10.0. The second kappa shape index (κ2) is 4.58. The Hall–Kier alpha value is -2.02. The fourth-order valence-corrected chi connectivity index (χ4v) is 2.32. The number of nitrogens with zero attached hydrogens (tertiary/aromatic N) is 3. The van der Waals surface area contributed by atoms with Crippen LogP contribution in [0, 0.1) is 5.92 Å². The van der Waals surface area contributed by atoms with Crippen molar-refractivity contribution in [1.29, 1.82) is 0 Å². The molecule has 1 saturated heterocycles. The van der Waals surface area contributed by atoms with E-state index >= 15 is 0 Å². The number of anilines is 1. The van der Waals surface area contributed by atoms with E-state index in [0.29, 0.717) is 31.4 Å². The summed E-state index contributed by atoms with van der Waals surface area (Å²) < 4.78 is 0. The van der Waals surface area contributed by atoms with Gasteiger partial charge in [-0.15, -0.1) is 0 Å². The first-order valence-corrected chi connectivity index (χ1v) is 6.23. The van der Waals surface area contributed by atoms with Crippen molar-refractivity contribution in [1.82, 2.24) is 19.9 Å². The molecule has 100 valence electrons. The number of nitrogens with one attached hydrogen (secondary N) is 2. The Morgan fingerprint density at radius 1 is 1.58 bits per heavy atom. The van der Waals surface area contributed by atoms with Crippen molar-refractivity contribution in [2.75, 3.05) is 25.0 Å². The third-order valence-corrected chi connectivity index (χ3v) is 3.33. The van der Waals surface area contributed by atoms with Crippen LogP contribution < -0.4 is 5.32 Å². The normalized spacial score (nSPS) is 15.5. The molecule has 2 aromatic rings. The first kappa shape index (κ1) is 12.0. The number of carbonyl (C=O) groups is 1. The number of halogens is 1. The number of rotatable bonds is 3. The summed E-state index contributed by atoms with van der Waals surface area (Å²) >= 11 is 5.85. The second-order valence-electron chi connectivity index (χ2n) is 4.51. The Morgan fingerprint density at radius 2 is 2.37 bits per heavy atom. The molecule has 0 saturated carbocycles. The zero-order valence-corrected chi connectivity index (χ0v) is 10.7. The van der Waals surface area contributed by atoms with Gasteiger partial charge in [-0.1, -0.05) is 0 Å².